The predicted molar refractivity (Wildman–Crippen MR) is 119 cm³/mol. The van der Waals surface area contributed by atoms with Crippen molar-refractivity contribution in [3.05, 3.63) is 96.8 Å². The molecule has 0 bridgehead atoms. The first-order valence-corrected chi connectivity index (χ1v) is 9.73. The van der Waals surface area contributed by atoms with Gasteiger partial charge in [-0.15, -0.1) is 0 Å². The van der Waals surface area contributed by atoms with Crippen LogP contribution < -0.4 is 0 Å². The number of aromatic nitrogens is 2. The van der Waals surface area contributed by atoms with Crippen molar-refractivity contribution in [2.75, 3.05) is 0 Å². The van der Waals surface area contributed by atoms with Gasteiger partial charge in [0.05, 0.1) is 22.3 Å². The first-order chi connectivity index (χ1) is 14.3. The lowest BCUT2D eigenvalue weighted by molar-refractivity contribution is 0.616. The Hall–Kier alpha value is -3.85. The van der Waals surface area contributed by atoms with Crippen LogP contribution in [0.1, 0.15) is 5.56 Å². The van der Waals surface area contributed by atoms with Crippen molar-refractivity contribution < 1.29 is 4.42 Å². The van der Waals surface area contributed by atoms with Crippen LogP contribution in [0.4, 0.5) is 0 Å². The largest absolute Gasteiger partial charge is 0.464 e. The van der Waals surface area contributed by atoms with E-state index in [1.165, 1.54) is 16.3 Å². The van der Waals surface area contributed by atoms with E-state index in [2.05, 4.69) is 84.3 Å². The summed E-state index contributed by atoms with van der Waals surface area (Å²) in [7, 11) is 0. The summed E-state index contributed by atoms with van der Waals surface area (Å²) >= 11 is 0. The minimum absolute atomic E-state index is 0.877. The van der Waals surface area contributed by atoms with Crippen LogP contribution in [0.3, 0.4) is 0 Å². The molecule has 6 aromatic rings. The third kappa shape index (κ3) is 2.41. The Morgan fingerprint density at radius 2 is 1.62 bits per heavy atom. The predicted octanol–water partition coefficient (Wildman–Crippen LogP) is 6.90. The third-order valence-electron chi connectivity index (χ3n) is 5.54. The number of hydrogen-bond donors (Lipinski definition) is 0. The van der Waals surface area contributed by atoms with Gasteiger partial charge in [0.1, 0.15) is 17.7 Å². The summed E-state index contributed by atoms with van der Waals surface area (Å²) in [6.07, 6.45) is 1.83. The van der Waals surface area contributed by atoms with Gasteiger partial charge in [-0.25, -0.2) is 4.98 Å². The van der Waals surface area contributed by atoms with Gasteiger partial charge >= 0.3 is 0 Å². The molecule has 138 valence electrons. The first kappa shape index (κ1) is 16.1. The van der Waals surface area contributed by atoms with E-state index in [-0.39, 0.29) is 0 Å². The highest BCUT2D eigenvalue weighted by Crippen LogP contribution is 2.36. The van der Waals surface area contributed by atoms with E-state index in [1.54, 1.807) is 0 Å². The lowest BCUT2D eigenvalue weighted by atomic mass is 10.1. The second-order valence-corrected chi connectivity index (χ2v) is 7.41. The van der Waals surface area contributed by atoms with Crippen LogP contribution >= 0.6 is 0 Å². The number of imidazole rings is 1. The summed E-state index contributed by atoms with van der Waals surface area (Å²) < 4.78 is 8.13. The Morgan fingerprint density at radius 1 is 0.793 bits per heavy atom. The zero-order valence-corrected chi connectivity index (χ0v) is 16.0. The van der Waals surface area contributed by atoms with Crippen LogP contribution in [0, 0.1) is 6.92 Å². The van der Waals surface area contributed by atoms with Crippen LogP contribution in [0.15, 0.2) is 95.6 Å². The smallest absolute Gasteiger partial charge is 0.149 e. The van der Waals surface area contributed by atoms with E-state index >= 15 is 0 Å². The average Bonchev–Trinajstić information content (AvgIpc) is 3.34. The van der Waals surface area contributed by atoms with Gasteiger partial charge in [0.2, 0.25) is 0 Å². The van der Waals surface area contributed by atoms with Crippen molar-refractivity contribution in [1.82, 2.24) is 9.55 Å². The molecule has 0 radical (unpaired) electrons. The fraction of sp³-hybridized carbons (Fsp3) is 0.0385. The Balaban J connectivity index is 1.75. The number of aryl methyl sites for hydroxylation is 1. The first-order valence-electron chi connectivity index (χ1n) is 9.73. The third-order valence-corrected chi connectivity index (χ3v) is 5.54. The van der Waals surface area contributed by atoms with Crippen LogP contribution in [0.5, 0.6) is 0 Å². The van der Waals surface area contributed by atoms with Gasteiger partial charge in [-0.2, -0.15) is 0 Å². The molecule has 0 aliphatic rings. The maximum atomic E-state index is 5.88. The standard InChI is InChI=1S/C26H18N2O/c1-17-13-14-25-20(15-17)21(16-29-25)26-27-22-10-4-5-11-24(22)28(26)23-12-6-8-18-7-2-3-9-19(18)23/h2-16H,1H3. The van der Waals surface area contributed by atoms with Gasteiger partial charge in [0.15, 0.2) is 0 Å². The molecule has 2 aromatic heterocycles. The van der Waals surface area contributed by atoms with Crippen molar-refractivity contribution >= 4 is 32.8 Å². The molecule has 0 fully saturated rings. The molecule has 0 spiro atoms. The monoisotopic (exact) mass is 374 g/mol. The molecule has 3 heteroatoms. The zero-order valence-electron chi connectivity index (χ0n) is 16.0. The van der Waals surface area contributed by atoms with Crippen molar-refractivity contribution in [1.29, 1.82) is 0 Å². The van der Waals surface area contributed by atoms with E-state index in [9.17, 15) is 0 Å². The maximum Gasteiger partial charge on any atom is 0.149 e. The van der Waals surface area contributed by atoms with Crippen LogP contribution in [-0.2, 0) is 0 Å². The minimum Gasteiger partial charge on any atom is -0.464 e. The SMILES string of the molecule is Cc1ccc2occ(-c3nc4ccccc4n3-c3cccc4ccccc34)c2c1. The van der Waals surface area contributed by atoms with Gasteiger partial charge < -0.3 is 4.42 Å². The molecular weight excluding hydrogens is 356 g/mol. The molecule has 2 heterocycles. The summed E-state index contributed by atoms with van der Waals surface area (Å²) in [4.78, 5) is 5.02. The highest BCUT2D eigenvalue weighted by Gasteiger charge is 2.19. The van der Waals surface area contributed by atoms with E-state index < -0.39 is 0 Å². The normalized spacial score (nSPS) is 11.6. The number of benzene rings is 4. The Morgan fingerprint density at radius 3 is 2.59 bits per heavy atom. The molecule has 4 aromatic carbocycles. The maximum absolute atomic E-state index is 5.88. The van der Waals surface area contributed by atoms with Gasteiger partial charge in [-0.1, -0.05) is 60.2 Å². The summed E-state index contributed by atoms with van der Waals surface area (Å²) in [6, 6.07) is 29.4. The molecule has 6 rings (SSSR count). The topological polar surface area (TPSA) is 31.0 Å². The molecule has 3 nitrogen and oxygen atoms in total. The van der Waals surface area contributed by atoms with Crippen LogP contribution in [-0.4, -0.2) is 9.55 Å². The second kappa shape index (κ2) is 6.08. The van der Waals surface area contributed by atoms with Crippen molar-refractivity contribution in [3.8, 4) is 17.1 Å². The highest BCUT2D eigenvalue weighted by atomic mass is 16.3. The van der Waals surface area contributed by atoms with E-state index in [1.807, 2.05) is 18.4 Å². The van der Waals surface area contributed by atoms with E-state index in [0.29, 0.717) is 0 Å². The fourth-order valence-corrected chi connectivity index (χ4v) is 4.17. The molecule has 0 atom stereocenters. The Kier molecular flexibility index (Phi) is 3.38. The number of fused-ring (bicyclic) bond motifs is 3. The summed E-state index contributed by atoms with van der Waals surface area (Å²) in [6.45, 7) is 2.10. The Bertz CT molecular complexity index is 1520. The van der Waals surface area contributed by atoms with Gasteiger partial charge in [-0.3, -0.25) is 4.57 Å². The number of furan rings is 1. The zero-order chi connectivity index (χ0) is 19.4. The van der Waals surface area contributed by atoms with E-state index in [0.717, 1.165) is 39.1 Å². The Labute approximate surface area is 167 Å². The van der Waals surface area contributed by atoms with Crippen molar-refractivity contribution in [3.63, 3.8) is 0 Å². The fourth-order valence-electron chi connectivity index (χ4n) is 4.17. The number of rotatable bonds is 2. The van der Waals surface area contributed by atoms with Gasteiger partial charge in [0.25, 0.3) is 0 Å². The molecule has 0 N–H and O–H groups in total. The van der Waals surface area contributed by atoms with Gasteiger partial charge in [-0.05, 0) is 42.6 Å². The molecule has 0 unspecified atom stereocenters. The highest BCUT2D eigenvalue weighted by molar-refractivity contribution is 5.98. The van der Waals surface area contributed by atoms with E-state index in [4.69, 9.17) is 9.40 Å². The molecule has 0 saturated heterocycles. The second-order valence-electron chi connectivity index (χ2n) is 7.41. The molecular formula is C26H18N2O. The van der Waals surface area contributed by atoms with Crippen molar-refractivity contribution in [2.45, 2.75) is 6.92 Å². The lowest BCUT2D eigenvalue weighted by Gasteiger charge is -2.12. The van der Waals surface area contributed by atoms with Gasteiger partial charge in [0, 0.05) is 10.8 Å². The summed E-state index contributed by atoms with van der Waals surface area (Å²) in [5, 5.41) is 3.49. The number of para-hydroxylation sites is 2. The minimum atomic E-state index is 0.877. The van der Waals surface area contributed by atoms with Crippen LogP contribution in [0.2, 0.25) is 0 Å². The molecule has 0 aliphatic carbocycles. The summed E-state index contributed by atoms with van der Waals surface area (Å²) in [5.74, 6) is 0.895. The molecule has 0 saturated carbocycles. The number of nitrogens with zero attached hydrogens (tertiary/aromatic N) is 2. The van der Waals surface area contributed by atoms with Crippen LogP contribution in [0.25, 0.3) is 49.9 Å². The molecule has 29 heavy (non-hydrogen) atoms. The number of hydrogen-bond acceptors (Lipinski definition) is 2. The molecule has 0 amide bonds. The van der Waals surface area contributed by atoms with Crippen molar-refractivity contribution in [2.24, 2.45) is 0 Å². The lowest BCUT2D eigenvalue weighted by Crippen LogP contribution is -1.98. The summed E-state index contributed by atoms with van der Waals surface area (Å²) in [5.41, 5.74) is 6.26. The molecule has 0 aliphatic heterocycles. The quantitative estimate of drug-likeness (QED) is 0.330. The average molecular weight is 374 g/mol.